The predicted molar refractivity (Wildman–Crippen MR) is 50.2 cm³/mol. The van der Waals surface area contributed by atoms with Crippen molar-refractivity contribution >= 4 is 0 Å². The van der Waals surface area contributed by atoms with Gasteiger partial charge in [0.2, 0.25) is 0 Å². The van der Waals surface area contributed by atoms with Crippen molar-refractivity contribution in [3.05, 3.63) is 35.8 Å². The fourth-order valence-electron chi connectivity index (χ4n) is 1.76. The first-order valence-corrected chi connectivity index (χ1v) is 4.77. The van der Waals surface area contributed by atoms with E-state index in [0.717, 1.165) is 24.0 Å². The molecule has 0 bridgehead atoms. The maximum Gasteiger partial charge on any atom is 0.103 e. The number of hydrogen-bond donors (Lipinski definition) is 1. The molecular weight excluding hydrogens is 164 g/mol. The number of furan rings is 1. The van der Waals surface area contributed by atoms with Crippen LogP contribution in [0.5, 0.6) is 0 Å². The third-order valence-electron chi connectivity index (χ3n) is 2.54. The van der Waals surface area contributed by atoms with Crippen LogP contribution in [0.3, 0.4) is 0 Å². The molecule has 1 aliphatic carbocycles. The SMILES string of the molecule is OC(C1=CCCCC1)c1ccoc1. The molecule has 1 heterocycles. The van der Waals surface area contributed by atoms with E-state index in [9.17, 15) is 5.11 Å². The van der Waals surface area contributed by atoms with E-state index in [1.54, 1.807) is 12.5 Å². The van der Waals surface area contributed by atoms with E-state index in [-0.39, 0.29) is 0 Å². The van der Waals surface area contributed by atoms with Crippen molar-refractivity contribution < 1.29 is 9.52 Å². The number of rotatable bonds is 2. The maximum atomic E-state index is 9.91. The minimum atomic E-state index is -0.445. The quantitative estimate of drug-likeness (QED) is 0.706. The van der Waals surface area contributed by atoms with Gasteiger partial charge in [0.1, 0.15) is 6.10 Å². The topological polar surface area (TPSA) is 33.4 Å². The third kappa shape index (κ3) is 1.83. The summed E-state index contributed by atoms with van der Waals surface area (Å²) >= 11 is 0. The predicted octanol–water partition coefficient (Wildman–Crippen LogP) is 2.81. The fraction of sp³-hybridized carbons (Fsp3) is 0.455. The second-order valence-corrected chi connectivity index (χ2v) is 3.48. The molecule has 0 saturated heterocycles. The van der Waals surface area contributed by atoms with Crippen molar-refractivity contribution in [2.24, 2.45) is 0 Å². The van der Waals surface area contributed by atoms with Crippen LogP contribution in [0.1, 0.15) is 37.4 Å². The number of hydrogen-bond acceptors (Lipinski definition) is 2. The Hall–Kier alpha value is -1.02. The first kappa shape index (κ1) is 8.57. The Kier molecular flexibility index (Phi) is 2.50. The summed E-state index contributed by atoms with van der Waals surface area (Å²) in [5, 5.41) is 9.91. The molecule has 0 aromatic carbocycles. The normalized spacial score (nSPS) is 19.6. The number of aliphatic hydroxyl groups excluding tert-OH is 1. The highest BCUT2D eigenvalue weighted by Gasteiger charge is 2.15. The molecule has 2 heteroatoms. The molecule has 1 aromatic heterocycles. The van der Waals surface area contributed by atoms with Gasteiger partial charge >= 0.3 is 0 Å². The molecule has 0 radical (unpaired) electrons. The highest BCUT2D eigenvalue weighted by molar-refractivity contribution is 5.23. The second kappa shape index (κ2) is 3.79. The summed E-state index contributed by atoms with van der Waals surface area (Å²) in [6, 6.07) is 1.82. The summed E-state index contributed by atoms with van der Waals surface area (Å²) in [4.78, 5) is 0. The Morgan fingerprint density at radius 1 is 1.38 bits per heavy atom. The van der Waals surface area contributed by atoms with E-state index >= 15 is 0 Å². The molecule has 13 heavy (non-hydrogen) atoms. The first-order valence-electron chi connectivity index (χ1n) is 4.77. The van der Waals surface area contributed by atoms with E-state index < -0.39 is 6.10 Å². The summed E-state index contributed by atoms with van der Waals surface area (Å²) in [6.45, 7) is 0. The van der Waals surface area contributed by atoms with Crippen LogP contribution in [-0.4, -0.2) is 5.11 Å². The van der Waals surface area contributed by atoms with E-state index in [1.807, 2.05) is 6.07 Å². The standard InChI is InChI=1S/C11H14O2/c12-11(10-6-7-13-8-10)9-4-2-1-3-5-9/h4,6-8,11-12H,1-3,5H2. The Balaban J connectivity index is 2.12. The highest BCUT2D eigenvalue weighted by Crippen LogP contribution is 2.29. The zero-order chi connectivity index (χ0) is 9.10. The lowest BCUT2D eigenvalue weighted by Crippen LogP contribution is -2.03. The lowest BCUT2D eigenvalue weighted by atomic mass is 9.93. The van der Waals surface area contributed by atoms with Crippen molar-refractivity contribution in [3.8, 4) is 0 Å². The van der Waals surface area contributed by atoms with Crippen molar-refractivity contribution in [3.63, 3.8) is 0 Å². The fourth-order valence-corrected chi connectivity index (χ4v) is 1.76. The lowest BCUT2D eigenvalue weighted by Gasteiger charge is -2.17. The molecule has 70 valence electrons. The van der Waals surface area contributed by atoms with Crippen LogP contribution in [0.25, 0.3) is 0 Å². The van der Waals surface area contributed by atoms with Crippen molar-refractivity contribution in [1.29, 1.82) is 0 Å². The largest absolute Gasteiger partial charge is 0.472 e. The molecule has 1 atom stereocenters. The van der Waals surface area contributed by atoms with Crippen LogP contribution in [0.15, 0.2) is 34.7 Å². The molecule has 0 saturated carbocycles. The highest BCUT2D eigenvalue weighted by atomic mass is 16.3. The van der Waals surface area contributed by atoms with Crippen LogP contribution in [0.4, 0.5) is 0 Å². The van der Waals surface area contributed by atoms with Crippen molar-refractivity contribution in [2.45, 2.75) is 31.8 Å². The third-order valence-corrected chi connectivity index (χ3v) is 2.54. The van der Waals surface area contributed by atoms with Gasteiger partial charge in [-0.15, -0.1) is 0 Å². The summed E-state index contributed by atoms with van der Waals surface area (Å²) in [7, 11) is 0. The summed E-state index contributed by atoms with van der Waals surface area (Å²) in [5.41, 5.74) is 2.01. The van der Waals surface area contributed by atoms with Crippen LogP contribution in [-0.2, 0) is 0 Å². The zero-order valence-corrected chi connectivity index (χ0v) is 7.57. The van der Waals surface area contributed by atoms with Gasteiger partial charge in [0.15, 0.2) is 0 Å². The average molecular weight is 178 g/mol. The van der Waals surface area contributed by atoms with E-state index in [1.165, 1.54) is 12.8 Å². The van der Waals surface area contributed by atoms with Crippen LogP contribution >= 0.6 is 0 Å². The zero-order valence-electron chi connectivity index (χ0n) is 7.57. The molecule has 1 aliphatic rings. The van der Waals surface area contributed by atoms with Gasteiger partial charge in [0.25, 0.3) is 0 Å². The Labute approximate surface area is 77.9 Å². The van der Waals surface area contributed by atoms with Gasteiger partial charge in [-0.25, -0.2) is 0 Å². The Bertz CT molecular complexity index is 285. The molecule has 1 unspecified atom stereocenters. The smallest absolute Gasteiger partial charge is 0.103 e. The summed E-state index contributed by atoms with van der Waals surface area (Å²) in [6.07, 6.45) is 9.49. The summed E-state index contributed by atoms with van der Waals surface area (Å²) < 4.78 is 4.94. The van der Waals surface area contributed by atoms with Gasteiger partial charge in [0.05, 0.1) is 12.5 Å². The Morgan fingerprint density at radius 3 is 2.92 bits per heavy atom. The summed E-state index contributed by atoms with van der Waals surface area (Å²) in [5.74, 6) is 0. The van der Waals surface area contributed by atoms with Gasteiger partial charge in [-0.3, -0.25) is 0 Å². The molecule has 0 amide bonds. The van der Waals surface area contributed by atoms with Gasteiger partial charge in [-0.2, -0.15) is 0 Å². The van der Waals surface area contributed by atoms with E-state index in [0.29, 0.717) is 0 Å². The average Bonchev–Trinajstić information content (AvgIpc) is 2.71. The number of allylic oxidation sites excluding steroid dienone is 1. The monoisotopic (exact) mass is 178 g/mol. The second-order valence-electron chi connectivity index (χ2n) is 3.48. The molecule has 2 rings (SSSR count). The molecule has 2 nitrogen and oxygen atoms in total. The minimum Gasteiger partial charge on any atom is -0.472 e. The molecule has 0 spiro atoms. The molecule has 1 N–H and O–H groups in total. The molecule has 0 fully saturated rings. The van der Waals surface area contributed by atoms with Gasteiger partial charge in [0, 0.05) is 5.56 Å². The molecular formula is C11H14O2. The van der Waals surface area contributed by atoms with Crippen LogP contribution in [0.2, 0.25) is 0 Å². The van der Waals surface area contributed by atoms with E-state index in [2.05, 4.69) is 6.08 Å². The van der Waals surface area contributed by atoms with Crippen molar-refractivity contribution in [2.75, 3.05) is 0 Å². The molecule has 1 aromatic rings. The van der Waals surface area contributed by atoms with Crippen LogP contribution < -0.4 is 0 Å². The Morgan fingerprint density at radius 2 is 2.31 bits per heavy atom. The number of aliphatic hydroxyl groups is 1. The lowest BCUT2D eigenvalue weighted by molar-refractivity contribution is 0.207. The van der Waals surface area contributed by atoms with Gasteiger partial charge in [-0.05, 0) is 37.3 Å². The van der Waals surface area contributed by atoms with E-state index in [4.69, 9.17) is 4.42 Å². The first-order chi connectivity index (χ1) is 6.38. The maximum absolute atomic E-state index is 9.91. The molecule has 0 aliphatic heterocycles. The van der Waals surface area contributed by atoms with Crippen LogP contribution in [0, 0.1) is 0 Å². The van der Waals surface area contributed by atoms with Gasteiger partial charge < -0.3 is 9.52 Å². The van der Waals surface area contributed by atoms with Crippen molar-refractivity contribution in [1.82, 2.24) is 0 Å². The minimum absolute atomic E-state index is 0.445. The van der Waals surface area contributed by atoms with Gasteiger partial charge in [-0.1, -0.05) is 6.08 Å².